The topological polar surface area (TPSA) is 111 Å². The van der Waals surface area contributed by atoms with Gasteiger partial charge in [0.2, 0.25) is 5.95 Å². The number of hydroxylamine groups is 3. The van der Waals surface area contributed by atoms with E-state index < -0.39 is 23.1 Å². The highest BCUT2D eigenvalue weighted by Crippen LogP contribution is 2.40. The predicted molar refractivity (Wildman–Crippen MR) is 127 cm³/mol. The van der Waals surface area contributed by atoms with Crippen molar-refractivity contribution < 1.29 is 32.5 Å². The van der Waals surface area contributed by atoms with Crippen molar-refractivity contribution in [3.8, 4) is 22.6 Å². The number of fused-ring (bicyclic) bond motifs is 1. The molecule has 0 aliphatic carbocycles. The van der Waals surface area contributed by atoms with E-state index in [4.69, 9.17) is 14.3 Å². The van der Waals surface area contributed by atoms with Crippen LogP contribution in [-0.4, -0.2) is 65.9 Å². The molecule has 0 saturated carbocycles. The summed E-state index contributed by atoms with van der Waals surface area (Å²) in [5, 5.41) is 2.68. The van der Waals surface area contributed by atoms with Crippen molar-refractivity contribution >= 4 is 22.9 Å². The number of methoxy groups -OCH3 is 2. The second-order valence-electron chi connectivity index (χ2n) is 8.32. The molecule has 2 aromatic heterocycles. The number of imidazole rings is 1. The SMILES string of the molecule is COc1cc(OC)c(F)c(-c2ccc(C(=O)Nc3ncc(C[N+](C)(C)OC)[nH]3)c3nccnc23)c1F. The second-order valence-corrected chi connectivity index (χ2v) is 8.32. The maximum atomic E-state index is 15.2. The Morgan fingerprint density at radius 3 is 2.25 bits per heavy atom. The fourth-order valence-corrected chi connectivity index (χ4v) is 3.72. The van der Waals surface area contributed by atoms with E-state index in [0.29, 0.717) is 6.54 Å². The smallest absolute Gasteiger partial charge is 0.260 e. The average molecular weight is 499 g/mol. The molecule has 4 aromatic rings. The van der Waals surface area contributed by atoms with E-state index in [1.54, 1.807) is 13.3 Å². The van der Waals surface area contributed by atoms with Gasteiger partial charge in [0.15, 0.2) is 29.7 Å². The van der Waals surface area contributed by atoms with Crippen LogP contribution in [0, 0.1) is 11.6 Å². The van der Waals surface area contributed by atoms with Crippen molar-refractivity contribution in [1.82, 2.24) is 19.9 Å². The normalized spacial score (nSPS) is 11.5. The van der Waals surface area contributed by atoms with E-state index in [-0.39, 0.29) is 44.3 Å². The van der Waals surface area contributed by atoms with E-state index >= 15 is 8.78 Å². The van der Waals surface area contributed by atoms with Crippen LogP contribution < -0.4 is 14.8 Å². The van der Waals surface area contributed by atoms with Gasteiger partial charge in [-0.1, -0.05) is 6.07 Å². The zero-order valence-corrected chi connectivity index (χ0v) is 20.3. The first-order chi connectivity index (χ1) is 17.2. The van der Waals surface area contributed by atoms with Gasteiger partial charge in [0.05, 0.1) is 64.0 Å². The number of aromatic nitrogens is 4. The largest absolute Gasteiger partial charge is 0.494 e. The van der Waals surface area contributed by atoms with Crippen LogP contribution in [-0.2, 0) is 11.4 Å². The first-order valence-electron chi connectivity index (χ1n) is 10.8. The van der Waals surface area contributed by atoms with E-state index in [0.717, 1.165) is 11.8 Å². The number of hydrogen-bond acceptors (Lipinski definition) is 7. The van der Waals surface area contributed by atoms with Crippen LogP contribution in [0.15, 0.2) is 36.8 Å². The summed E-state index contributed by atoms with van der Waals surface area (Å²) in [4.78, 5) is 34.2. The van der Waals surface area contributed by atoms with Crippen LogP contribution in [0.5, 0.6) is 11.5 Å². The fourth-order valence-electron chi connectivity index (χ4n) is 3.72. The summed E-state index contributed by atoms with van der Waals surface area (Å²) in [6.45, 7) is 0.490. The van der Waals surface area contributed by atoms with E-state index in [1.807, 2.05) is 14.1 Å². The van der Waals surface area contributed by atoms with Gasteiger partial charge in [-0.05, 0) is 6.07 Å². The molecule has 2 heterocycles. The molecule has 0 saturated heterocycles. The Balaban J connectivity index is 1.74. The van der Waals surface area contributed by atoms with Crippen molar-refractivity contribution in [1.29, 1.82) is 0 Å². The zero-order valence-electron chi connectivity index (χ0n) is 20.3. The highest BCUT2D eigenvalue weighted by atomic mass is 19.1. The van der Waals surface area contributed by atoms with Crippen molar-refractivity contribution in [3.63, 3.8) is 0 Å². The van der Waals surface area contributed by atoms with Crippen LogP contribution in [0.2, 0.25) is 0 Å². The quantitative estimate of drug-likeness (QED) is 0.281. The number of anilines is 1. The number of H-pyrrole nitrogens is 1. The van der Waals surface area contributed by atoms with Gasteiger partial charge in [0, 0.05) is 24.0 Å². The molecule has 4 rings (SSSR count). The van der Waals surface area contributed by atoms with Gasteiger partial charge in [0.1, 0.15) is 5.52 Å². The lowest BCUT2D eigenvalue weighted by Crippen LogP contribution is -2.37. The summed E-state index contributed by atoms with van der Waals surface area (Å²) in [7, 11) is 7.86. The van der Waals surface area contributed by atoms with Crippen LogP contribution in [0.3, 0.4) is 0 Å². The lowest BCUT2D eigenvalue weighted by atomic mass is 9.99. The number of carbonyl (C=O) groups is 1. The summed E-state index contributed by atoms with van der Waals surface area (Å²) in [6.07, 6.45) is 4.35. The standard InChI is InChI=1S/C24H24F2N6O4/c1-32(2,36-5)12-13-11-29-24(30-13)31-23(33)15-7-6-14(21-22(15)28-9-8-27-21)18-19(25)16(34-3)10-17(35-4)20(18)26/h6-11H,12H2,1-5H3,(H-,27,28,29,30,31,33)/p+1. The maximum absolute atomic E-state index is 15.2. The molecule has 0 radical (unpaired) electrons. The first kappa shape index (κ1) is 24.9. The molecule has 0 spiro atoms. The molecule has 0 aliphatic rings. The molecular weight excluding hydrogens is 474 g/mol. The summed E-state index contributed by atoms with van der Waals surface area (Å²) in [6, 6.07) is 3.94. The highest BCUT2D eigenvalue weighted by Gasteiger charge is 2.25. The number of nitrogens with one attached hydrogen (secondary N) is 2. The third kappa shape index (κ3) is 4.68. The lowest BCUT2D eigenvalue weighted by Gasteiger charge is -2.23. The summed E-state index contributed by atoms with van der Waals surface area (Å²) < 4.78 is 40.7. The van der Waals surface area contributed by atoms with Crippen LogP contribution in [0.25, 0.3) is 22.2 Å². The van der Waals surface area contributed by atoms with Gasteiger partial charge in [-0.25, -0.2) is 18.6 Å². The Morgan fingerprint density at radius 1 is 1.00 bits per heavy atom. The molecule has 12 heteroatoms. The van der Waals surface area contributed by atoms with Gasteiger partial charge >= 0.3 is 0 Å². The van der Waals surface area contributed by atoms with Gasteiger partial charge in [-0.3, -0.25) is 20.1 Å². The number of ether oxygens (including phenoxy) is 2. The predicted octanol–water partition coefficient (Wildman–Crippen LogP) is 3.71. The minimum absolute atomic E-state index is 0.0849. The summed E-state index contributed by atoms with van der Waals surface area (Å²) in [5.41, 5.74) is 0.841. The molecule has 0 bridgehead atoms. The van der Waals surface area contributed by atoms with Gasteiger partial charge in [-0.15, -0.1) is 0 Å². The lowest BCUT2D eigenvalue weighted by molar-refractivity contribution is -1.08. The maximum Gasteiger partial charge on any atom is 0.260 e. The van der Waals surface area contributed by atoms with Crippen LogP contribution in [0.4, 0.5) is 14.7 Å². The molecule has 2 aromatic carbocycles. The molecule has 10 nitrogen and oxygen atoms in total. The number of nitrogens with zero attached hydrogens (tertiary/aromatic N) is 4. The van der Waals surface area contributed by atoms with Crippen molar-refractivity contribution in [3.05, 3.63) is 59.7 Å². The molecular formula is C24H25F2N6O4+. The number of hydrogen-bond donors (Lipinski definition) is 2. The Labute approximate surface area is 205 Å². The Kier molecular flexibility index (Phi) is 6.82. The first-order valence-corrected chi connectivity index (χ1v) is 10.8. The van der Waals surface area contributed by atoms with E-state index in [2.05, 4.69) is 25.3 Å². The van der Waals surface area contributed by atoms with Crippen molar-refractivity contribution in [2.24, 2.45) is 0 Å². The molecule has 1 amide bonds. The molecule has 0 aliphatic heterocycles. The summed E-state index contributed by atoms with van der Waals surface area (Å²) >= 11 is 0. The van der Waals surface area contributed by atoms with Crippen molar-refractivity contribution in [2.45, 2.75) is 6.54 Å². The molecule has 0 unspecified atom stereocenters. The highest BCUT2D eigenvalue weighted by molar-refractivity contribution is 6.13. The molecule has 188 valence electrons. The van der Waals surface area contributed by atoms with E-state index in [9.17, 15) is 4.79 Å². The van der Waals surface area contributed by atoms with Crippen LogP contribution in [0.1, 0.15) is 16.1 Å². The molecule has 2 N–H and O–H groups in total. The average Bonchev–Trinajstić information content (AvgIpc) is 3.30. The fraction of sp³-hybridized carbons (Fsp3) is 0.250. The van der Waals surface area contributed by atoms with Crippen molar-refractivity contribution in [2.75, 3.05) is 40.7 Å². The number of amides is 1. The second kappa shape index (κ2) is 9.84. The number of quaternary nitrogens is 1. The number of halogens is 2. The number of aromatic amines is 1. The third-order valence-corrected chi connectivity index (χ3v) is 5.62. The van der Waals surface area contributed by atoms with Gasteiger partial charge in [0.25, 0.3) is 5.91 Å². The molecule has 0 atom stereocenters. The van der Waals surface area contributed by atoms with Gasteiger partial charge in [-0.2, -0.15) is 4.65 Å². The zero-order chi connectivity index (χ0) is 26.0. The minimum atomic E-state index is -0.930. The Hall–Kier alpha value is -4.16. The van der Waals surface area contributed by atoms with E-state index in [1.165, 1.54) is 38.7 Å². The molecule has 0 fully saturated rings. The number of benzene rings is 2. The van der Waals surface area contributed by atoms with Gasteiger partial charge < -0.3 is 14.5 Å². The number of carbonyl (C=O) groups excluding carboxylic acids is 1. The summed E-state index contributed by atoms with van der Waals surface area (Å²) in [5.74, 6) is -2.57. The van der Waals surface area contributed by atoms with Crippen LogP contribution >= 0.6 is 0 Å². The Bertz CT molecular complexity index is 1410. The Morgan fingerprint density at radius 2 is 1.64 bits per heavy atom. The monoisotopic (exact) mass is 499 g/mol. The molecule has 36 heavy (non-hydrogen) atoms. The number of rotatable bonds is 8. The minimum Gasteiger partial charge on any atom is -0.494 e. The third-order valence-electron chi connectivity index (χ3n) is 5.62.